The van der Waals surface area contributed by atoms with Crippen LogP contribution in [0.5, 0.6) is 17.2 Å². The Labute approximate surface area is 167 Å². The Kier molecular flexibility index (Phi) is 7.98. The number of nitriles is 1. The Bertz CT molecular complexity index is 884. The monoisotopic (exact) mass is 402 g/mol. The number of amides is 1. The average Bonchev–Trinajstić information content (AvgIpc) is 2.72. The molecule has 0 bridgehead atoms. The highest BCUT2D eigenvalue weighted by Crippen LogP contribution is 2.40. The largest absolute Gasteiger partial charge is 0.493 e. The van der Waals surface area contributed by atoms with Gasteiger partial charge in [-0.25, -0.2) is 0 Å². The van der Waals surface area contributed by atoms with Gasteiger partial charge in [-0.3, -0.25) is 4.79 Å². The second-order valence-corrected chi connectivity index (χ2v) is 5.79. The zero-order chi connectivity index (χ0) is 21.2. The lowest BCUT2D eigenvalue weighted by molar-refractivity contribution is -0.117. The van der Waals surface area contributed by atoms with E-state index in [1.165, 1.54) is 32.4 Å². The number of benzene rings is 2. The first-order valence-corrected chi connectivity index (χ1v) is 8.63. The highest BCUT2D eigenvalue weighted by Gasteiger charge is 2.18. The highest BCUT2D eigenvalue weighted by atomic mass is 19.3. The van der Waals surface area contributed by atoms with Gasteiger partial charge in [0.05, 0.1) is 14.2 Å². The standard InChI is InChI=1S/C21H20F2N2O4/c1-27-17-11-15(12-18(28-2)19(17)29-21(22)23)10-16(13-24)20(26)25-9-8-14-6-4-3-5-7-14/h3-7,10-12,21H,8-9H2,1-2H3,(H,25,26)/b16-10+. The van der Waals surface area contributed by atoms with Gasteiger partial charge in [0.1, 0.15) is 11.6 Å². The second-order valence-electron chi connectivity index (χ2n) is 5.79. The van der Waals surface area contributed by atoms with Crippen molar-refractivity contribution < 1.29 is 27.8 Å². The zero-order valence-corrected chi connectivity index (χ0v) is 15.9. The third-order valence-electron chi connectivity index (χ3n) is 3.91. The van der Waals surface area contributed by atoms with Gasteiger partial charge in [0.15, 0.2) is 11.5 Å². The highest BCUT2D eigenvalue weighted by molar-refractivity contribution is 6.01. The molecule has 0 aliphatic heterocycles. The van der Waals surface area contributed by atoms with Crippen LogP contribution in [0.15, 0.2) is 48.0 Å². The predicted octanol–water partition coefficient (Wildman–Crippen LogP) is 3.57. The Morgan fingerprint density at radius 2 is 1.79 bits per heavy atom. The predicted molar refractivity (Wildman–Crippen MR) is 103 cm³/mol. The molecule has 152 valence electrons. The van der Waals surface area contributed by atoms with Crippen molar-refractivity contribution in [3.63, 3.8) is 0 Å². The van der Waals surface area contributed by atoms with Crippen LogP contribution in [0.2, 0.25) is 0 Å². The van der Waals surface area contributed by atoms with Crippen molar-refractivity contribution in [1.29, 1.82) is 5.26 Å². The van der Waals surface area contributed by atoms with Crippen LogP contribution < -0.4 is 19.5 Å². The number of ether oxygens (including phenoxy) is 3. The quantitative estimate of drug-likeness (QED) is 0.512. The topological polar surface area (TPSA) is 80.6 Å². The molecule has 2 aromatic carbocycles. The van der Waals surface area contributed by atoms with Crippen molar-refractivity contribution in [2.75, 3.05) is 20.8 Å². The van der Waals surface area contributed by atoms with Gasteiger partial charge >= 0.3 is 6.61 Å². The van der Waals surface area contributed by atoms with Gasteiger partial charge in [-0.1, -0.05) is 30.3 Å². The van der Waals surface area contributed by atoms with Gasteiger partial charge in [-0.15, -0.1) is 0 Å². The molecule has 0 saturated heterocycles. The van der Waals surface area contributed by atoms with E-state index in [0.29, 0.717) is 18.5 Å². The third kappa shape index (κ3) is 6.21. The first kappa shape index (κ1) is 21.7. The molecule has 0 radical (unpaired) electrons. The van der Waals surface area contributed by atoms with Crippen molar-refractivity contribution in [1.82, 2.24) is 5.32 Å². The molecule has 2 rings (SSSR count). The molecule has 8 heteroatoms. The van der Waals surface area contributed by atoms with Gasteiger partial charge in [0, 0.05) is 6.54 Å². The molecular formula is C21H20F2N2O4. The van der Waals surface area contributed by atoms with Crippen molar-refractivity contribution in [3.05, 3.63) is 59.2 Å². The van der Waals surface area contributed by atoms with E-state index in [1.807, 2.05) is 36.4 Å². The first-order valence-electron chi connectivity index (χ1n) is 8.63. The first-order chi connectivity index (χ1) is 14.0. The van der Waals surface area contributed by atoms with E-state index in [9.17, 15) is 18.8 Å². The molecule has 0 spiro atoms. The summed E-state index contributed by atoms with van der Waals surface area (Å²) in [5.74, 6) is -0.849. The molecule has 0 aromatic heterocycles. The third-order valence-corrected chi connectivity index (χ3v) is 3.91. The second kappa shape index (κ2) is 10.7. The fourth-order valence-electron chi connectivity index (χ4n) is 2.56. The van der Waals surface area contributed by atoms with E-state index in [2.05, 4.69) is 10.1 Å². The van der Waals surface area contributed by atoms with Crippen LogP contribution in [0.4, 0.5) is 8.78 Å². The molecule has 0 fully saturated rings. The average molecular weight is 402 g/mol. The van der Waals surface area contributed by atoms with E-state index < -0.39 is 12.5 Å². The lowest BCUT2D eigenvalue weighted by Gasteiger charge is -2.14. The maximum atomic E-state index is 12.6. The summed E-state index contributed by atoms with van der Waals surface area (Å²) in [7, 11) is 2.56. The number of hydrogen-bond donors (Lipinski definition) is 1. The molecule has 2 aromatic rings. The molecule has 1 N–H and O–H groups in total. The maximum Gasteiger partial charge on any atom is 0.387 e. The summed E-state index contributed by atoms with van der Waals surface area (Å²) in [6.07, 6.45) is 1.93. The molecular weight excluding hydrogens is 382 g/mol. The van der Waals surface area contributed by atoms with Crippen LogP contribution in [0.3, 0.4) is 0 Å². The number of alkyl halides is 2. The van der Waals surface area contributed by atoms with Crippen molar-refractivity contribution in [2.24, 2.45) is 0 Å². The molecule has 0 unspecified atom stereocenters. The minimum atomic E-state index is -3.07. The van der Waals surface area contributed by atoms with Gasteiger partial charge in [0.2, 0.25) is 5.75 Å². The maximum absolute atomic E-state index is 12.6. The van der Waals surface area contributed by atoms with Gasteiger partial charge in [0.25, 0.3) is 5.91 Å². The van der Waals surface area contributed by atoms with Crippen LogP contribution >= 0.6 is 0 Å². The Hall–Kier alpha value is -3.60. The van der Waals surface area contributed by atoms with Gasteiger partial charge in [-0.05, 0) is 35.8 Å². The van der Waals surface area contributed by atoms with E-state index in [0.717, 1.165) is 5.56 Å². The normalized spacial score (nSPS) is 11.0. The van der Waals surface area contributed by atoms with E-state index in [4.69, 9.17) is 9.47 Å². The number of carbonyl (C=O) groups excluding carboxylic acids is 1. The Balaban J connectivity index is 2.18. The number of methoxy groups -OCH3 is 2. The fraction of sp³-hybridized carbons (Fsp3) is 0.238. The SMILES string of the molecule is COc1cc(/C=C(\C#N)C(=O)NCCc2ccccc2)cc(OC)c1OC(F)F. The summed E-state index contributed by atoms with van der Waals surface area (Å²) in [5.41, 5.74) is 1.26. The number of rotatable bonds is 9. The van der Waals surface area contributed by atoms with Crippen LogP contribution in [0.1, 0.15) is 11.1 Å². The molecule has 29 heavy (non-hydrogen) atoms. The summed E-state index contributed by atoms with van der Waals surface area (Å²) in [6, 6.07) is 14.2. The summed E-state index contributed by atoms with van der Waals surface area (Å²) >= 11 is 0. The van der Waals surface area contributed by atoms with Crippen molar-refractivity contribution >= 4 is 12.0 Å². The summed E-state index contributed by atoms with van der Waals surface area (Å²) in [5, 5.41) is 12.0. The Morgan fingerprint density at radius 1 is 1.17 bits per heavy atom. The van der Waals surface area contributed by atoms with E-state index in [1.54, 1.807) is 0 Å². The number of halogens is 2. The molecule has 0 aliphatic carbocycles. The van der Waals surface area contributed by atoms with Crippen LogP contribution in [0, 0.1) is 11.3 Å². The lowest BCUT2D eigenvalue weighted by atomic mass is 10.1. The summed E-state index contributed by atoms with van der Waals surface area (Å²) in [4.78, 5) is 12.3. The fourth-order valence-corrected chi connectivity index (χ4v) is 2.56. The molecule has 0 saturated carbocycles. The molecule has 0 heterocycles. The van der Waals surface area contributed by atoms with Crippen LogP contribution in [-0.4, -0.2) is 33.3 Å². The zero-order valence-electron chi connectivity index (χ0n) is 15.9. The van der Waals surface area contributed by atoms with E-state index >= 15 is 0 Å². The minimum absolute atomic E-state index is 0.0160. The smallest absolute Gasteiger partial charge is 0.387 e. The van der Waals surface area contributed by atoms with Crippen molar-refractivity contribution in [3.8, 4) is 23.3 Å². The summed E-state index contributed by atoms with van der Waals surface area (Å²) in [6.45, 7) is -2.71. The number of carbonyl (C=O) groups is 1. The Morgan fingerprint density at radius 3 is 2.31 bits per heavy atom. The number of nitrogens with zero attached hydrogens (tertiary/aromatic N) is 1. The lowest BCUT2D eigenvalue weighted by Crippen LogP contribution is -2.26. The van der Waals surface area contributed by atoms with Crippen molar-refractivity contribution in [2.45, 2.75) is 13.0 Å². The minimum Gasteiger partial charge on any atom is -0.493 e. The molecule has 0 aliphatic rings. The van der Waals surface area contributed by atoms with Crippen LogP contribution in [0.25, 0.3) is 6.08 Å². The summed E-state index contributed by atoms with van der Waals surface area (Å²) < 4.78 is 39.8. The molecule has 1 amide bonds. The van der Waals surface area contributed by atoms with Gasteiger partial charge in [-0.2, -0.15) is 14.0 Å². The van der Waals surface area contributed by atoms with E-state index in [-0.39, 0.29) is 22.8 Å². The number of hydrogen-bond acceptors (Lipinski definition) is 5. The molecule has 6 nitrogen and oxygen atoms in total. The molecule has 0 atom stereocenters. The number of nitrogens with one attached hydrogen (secondary N) is 1. The van der Waals surface area contributed by atoms with Crippen LogP contribution in [-0.2, 0) is 11.2 Å². The van der Waals surface area contributed by atoms with Gasteiger partial charge < -0.3 is 19.5 Å².